The number of hydrogen-bond donors (Lipinski definition) is 1. The lowest BCUT2D eigenvalue weighted by Crippen LogP contribution is -2.47. The summed E-state index contributed by atoms with van der Waals surface area (Å²) < 4.78 is 45.0. The number of halogens is 1. The van der Waals surface area contributed by atoms with Gasteiger partial charge in [0.15, 0.2) is 11.5 Å². The molecule has 0 bridgehead atoms. The maximum Gasteiger partial charge on any atom is 0.272 e. The van der Waals surface area contributed by atoms with E-state index in [-0.39, 0.29) is 36.4 Å². The van der Waals surface area contributed by atoms with E-state index in [1.165, 1.54) is 6.07 Å². The number of nitrogens with one attached hydrogen (secondary N) is 1. The Kier molecular flexibility index (Phi) is 8.40. The van der Waals surface area contributed by atoms with Crippen LogP contribution in [0.1, 0.15) is 50.1 Å². The van der Waals surface area contributed by atoms with E-state index in [2.05, 4.69) is 15.3 Å². The molecule has 40 heavy (non-hydrogen) atoms. The average Bonchev–Trinajstić information content (AvgIpc) is 3.45. The van der Waals surface area contributed by atoms with Gasteiger partial charge in [0.2, 0.25) is 6.79 Å². The fourth-order valence-corrected chi connectivity index (χ4v) is 6.26. The summed E-state index contributed by atoms with van der Waals surface area (Å²) in [5.74, 6) is 1.08. The summed E-state index contributed by atoms with van der Waals surface area (Å²) in [6, 6.07) is 3.21. The van der Waals surface area contributed by atoms with Crippen LogP contribution in [0.15, 0.2) is 23.1 Å². The van der Waals surface area contributed by atoms with Gasteiger partial charge in [0.1, 0.15) is 5.82 Å². The highest BCUT2D eigenvalue weighted by molar-refractivity contribution is 5.59. The molecular formula is C29H39FN4O6. The van der Waals surface area contributed by atoms with E-state index in [0.717, 1.165) is 64.0 Å². The van der Waals surface area contributed by atoms with Gasteiger partial charge in [-0.1, -0.05) is 0 Å². The fourth-order valence-electron chi connectivity index (χ4n) is 6.26. The van der Waals surface area contributed by atoms with Crippen LogP contribution in [0.3, 0.4) is 0 Å². The Labute approximate surface area is 233 Å². The van der Waals surface area contributed by atoms with Crippen LogP contribution in [0.25, 0.3) is 0 Å². The molecule has 10 nitrogen and oxygen atoms in total. The second-order valence-corrected chi connectivity index (χ2v) is 11.2. The van der Waals surface area contributed by atoms with Crippen LogP contribution < -0.4 is 25.2 Å². The molecule has 1 N–H and O–H groups in total. The van der Waals surface area contributed by atoms with Gasteiger partial charge < -0.3 is 33.9 Å². The minimum absolute atomic E-state index is 0.000888. The second-order valence-electron chi connectivity index (χ2n) is 11.2. The summed E-state index contributed by atoms with van der Waals surface area (Å²) in [7, 11) is 0. The van der Waals surface area contributed by atoms with Crippen molar-refractivity contribution in [2.75, 3.05) is 63.1 Å². The number of aromatic nitrogens is 2. The van der Waals surface area contributed by atoms with Crippen LogP contribution in [-0.2, 0) is 14.2 Å². The third-order valence-electron chi connectivity index (χ3n) is 8.57. The third-order valence-corrected chi connectivity index (χ3v) is 8.57. The molecule has 11 heteroatoms. The van der Waals surface area contributed by atoms with E-state index in [1.54, 1.807) is 16.9 Å². The number of ether oxygens (including phenoxy) is 5. The van der Waals surface area contributed by atoms with Crippen molar-refractivity contribution < 1.29 is 28.1 Å². The second kappa shape index (κ2) is 12.3. The molecule has 0 spiro atoms. The van der Waals surface area contributed by atoms with Crippen molar-refractivity contribution in [2.24, 2.45) is 5.92 Å². The Morgan fingerprint density at radius 1 is 1.05 bits per heavy atom. The van der Waals surface area contributed by atoms with Gasteiger partial charge >= 0.3 is 0 Å². The predicted molar refractivity (Wildman–Crippen MR) is 147 cm³/mol. The summed E-state index contributed by atoms with van der Waals surface area (Å²) in [6.45, 7) is 6.41. The smallest absolute Gasteiger partial charge is 0.272 e. The van der Waals surface area contributed by atoms with Crippen molar-refractivity contribution >= 4 is 11.4 Å². The standard InChI is InChI=1S/C29H39FN4O6/c1-19-25(31-13-20-3-2-8-36-16-20)14-32-34(29(19)35)22-6-4-21(5-7-22)33(15-23-17-37-9-10-38-23)26-12-28-27(11-24(26)30)39-18-40-28/h11-12,14,20-23,31H,2-10,13,15-18H2,1H3/t20-,21?,22?,23+/m0/s1. The Morgan fingerprint density at radius 2 is 1.85 bits per heavy atom. The molecule has 2 saturated heterocycles. The molecule has 3 aliphatic heterocycles. The lowest BCUT2D eigenvalue weighted by Gasteiger charge is -2.40. The zero-order valence-electron chi connectivity index (χ0n) is 23.1. The number of rotatable bonds is 8. The molecule has 2 aromatic rings. The molecule has 4 aliphatic rings. The zero-order valence-corrected chi connectivity index (χ0v) is 23.1. The van der Waals surface area contributed by atoms with Crippen molar-refractivity contribution in [3.8, 4) is 11.5 Å². The van der Waals surface area contributed by atoms with Gasteiger partial charge in [-0.2, -0.15) is 5.10 Å². The van der Waals surface area contributed by atoms with Gasteiger partial charge in [0, 0.05) is 43.4 Å². The first-order chi connectivity index (χ1) is 19.6. The van der Waals surface area contributed by atoms with E-state index in [9.17, 15) is 4.79 Å². The molecule has 0 unspecified atom stereocenters. The normalized spacial score (nSPS) is 26.4. The highest BCUT2D eigenvalue weighted by Gasteiger charge is 2.33. The Bertz CT molecular complexity index is 1220. The largest absolute Gasteiger partial charge is 0.454 e. The van der Waals surface area contributed by atoms with Crippen LogP contribution in [0.5, 0.6) is 11.5 Å². The van der Waals surface area contributed by atoms with Gasteiger partial charge in [-0.3, -0.25) is 4.79 Å². The van der Waals surface area contributed by atoms with Gasteiger partial charge in [0.25, 0.3) is 5.56 Å². The van der Waals surface area contributed by atoms with Crippen molar-refractivity contribution in [2.45, 2.75) is 63.6 Å². The molecule has 6 rings (SSSR count). The molecular weight excluding hydrogens is 519 g/mol. The Morgan fingerprint density at radius 3 is 2.60 bits per heavy atom. The summed E-state index contributed by atoms with van der Waals surface area (Å²) in [4.78, 5) is 15.4. The minimum atomic E-state index is -0.348. The molecule has 0 amide bonds. The third kappa shape index (κ3) is 5.91. The highest BCUT2D eigenvalue weighted by Crippen LogP contribution is 2.40. The highest BCUT2D eigenvalue weighted by atomic mass is 19.1. The van der Waals surface area contributed by atoms with Gasteiger partial charge in [-0.15, -0.1) is 0 Å². The Hall–Kier alpha value is -2.89. The van der Waals surface area contributed by atoms with Gasteiger partial charge in [-0.25, -0.2) is 9.07 Å². The topological polar surface area (TPSA) is 96.3 Å². The lowest BCUT2D eigenvalue weighted by molar-refractivity contribution is -0.0847. The van der Waals surface area contributed by atoms with E-state index in [1.807, 2.05) is 6.92 Å². The van der Waals surface area contributed by atoms with E-state index >= 15 is 4.39 Å². The van der Waals surface area contributed by atoms with E-state index in [0.29, 0.717) is 55.0 Å². The summed E-state index contributed by atoms with van der Waals surface area (Å²) in [5.41, 5.74) is 1.90. The van der Waals surface area contributed by atoms with Crippen molar-refractivity contribution in [1.82, 2.24) is 9.78 Å². The van der Waals surface area contributed by atoms with Crippen LogP contribution in [0, 0.1) is 18.7 Å². The lowest BCUT2D eigenvalue weighted by atomic mass is 9.89. The predicted octanol–water partition coefficient (Wildman–Crippen LogP) is 3.66. The van der Waals surface area contributed by atoms with Crippen molar-refractivity contribution in [3.05, 3.63) is 40.1 Å². The van der Waals surface area contributed by atoms with E-state index < -0.39 is 0 Å². The molecule has 1 aliphatic carbocycles. The SMILES string of the molecule is Cc1c(NC[C@@H]2CCCOC2)cnn(C2CCC(N(C[C@@H]3COCCO3)c3cc4c(cc3F)OCO4)CC2)c1=O. The Balaban J connectivity index is 1.14. The minimum Gasteiger partial charge on any atom is -0.454 e. The van der Waals surface area contributed by atoms with Crippen molar-refractivity contribution in [3.63, 3.8) is 0 Å². The first-order valence-corrected chi connectivity index (χ1v) is 14.5. The van der Waals surface area contributed by atoms with Crippen LogP contribution in [-0.4, -0.2) is 74.8 Å². The molecule has 0 radical (unpaired) electrons. The fraction of sp³-hybridized carbons (Fsp3) is 0.655. The average molecular weight is 559 g/mol. The monoisotopic (exact) mass is 558 g/mol. The summed E-state index contributed by atoms with van der Waals surface area (Å²) >= 11 is 0. The number of hydrogen-bond acceptors (Lipinski definition) is 9. The van der Waals surface area contributed by atoms with Crippen LogP contribution in [0.2, 0.25) is 0 Å². The number of anilines is 2. The number of nitrogens with zero attached hydrogens (tertiary/aromatic N) is 3. The quantitative estimate of drug-likeness (QED) is 0.521. The molecule has 1 aromatic heterocycles. The molecule has 3 fully saturated rings. The maximum atomic E-state index is 15.3. The molecule has 1 aromatic carbocycles. The first kappa shape index (κ1) is 27.3. The first-order valence-electron chi connectivity index (χ1n) is 14.5. The van der Waals surface area contributed by atoms with Gasteiger partial charge in [0.05, 0.1) is 56.1 Å². The van der Waals surface area contributed by atoms with Crippen LogP contribution in [0.4, 0.5) is 15.8 Å². The van der Waals surface area contributed by atoms with Crippen LogP contribution >= 0.6 is 0 Å². The molecule has 218 valence electrons. The number of benzene rings is 1. The maximum absolute atomic E-state index is 15.3. The van der Waals surface area contributed by atoms with Gasteiger partial charge in [-0.05, 0) is 51.4 Å². The summed E-state index contributed by atoms with van der Waals surface area (Å²) in [5, 5.41) is 7.99. The summed E-state index contributed by atoms with van der Waals surface area (Å²) in [6.07, 6.45) is 6.97. The zero-order chi connectivity index (χ0) is 27.5. The molecule has 2 atom stereocenters. The molecule has 1 saturated carbocycles. The molecule has 4 heterocycles. The number of fused-ring (bicyclic) bond motifs is 1. The van der Waals surface area contributed by atoms with Crippen molar-refractivity contribution in [1.29, 1.82) is 0 Å². The van der Waals surface area contributed by atoms with E-state index in [4.69, 9.17) is 23.7 Å².